The zero-order valence-electron chi connectivity index (χ0n) is 16.6. The van der Waals surface area contributed by atoms with Crippen molar-refractivity contribution in [2.45, 2.75) is 32.2 Å². The van der Waals surface area contributed by atoms with E-state index in [0.29, 0.717) is 22.9 Å². The molecule has 0 bridgehead atoms. The highest BCUT2D eigenvalue weighted by atomic mass is 35.5. The fraction of sp³-hybridized carbons (Fsp3) is 0.318. The minimum atomic E-state index is -0.604. The molecule has 0 spiro atoms. The molecule has 1 saturated heterocycles. The molecule has 1 aliphatic heterocycles. The third kappa shape index (κ3) is 4.80. The quantitative estimate of drug-likeness (QED) is 0.645. The van der Waals surface area contributed by atoms with Crippen LogP contribution in [0.4, 0.5) is 0 Å². The lowest BCUT2D eigenvalue weighted by atomic mass is 9.95. The Bertz CT molecular complexity index is 1060. The summed E-state index contributed by atoms with van der Waals surface area (Å²) in [6, 6.07) is 11.3. The molecular weight excluding hydrogens is 406 g/mol. The Morgan fingerprint density at radius 1 is 1.30 bits per heavy atom. The van der Waals surface area contributed by atoms with Gasteiger partial charge in [0, 0.05) is 18.0 Å². The zero-order valence-corrected chi connectivity index (χ0v) is 17.5. The van der Waals surface area contributed by atoms with Crippen molar-refractivity contribution in [3.8, 4) is 11.5 Å². The molecule has 0 radical (unpaired) electrons. The van der Waals surface area contributed by atoms with Crippen molar-refractivity contribution < 1.29 is 13.6 Å². The molecule has 2 aromatic heterocycles. The van der Waals surface area contributed by atoms with Gasteiger partial charge in [-0.15, -0.1) is 12.4 Å². The van der Waals surface area contributed by atoms with Crippen molar-refractivity contribution >= 4 is 18.3 Å². The number of hydrogen-bond donors (Lipinski definition) is 2. The zero-order chi connectivity index (χ0) is 20.2. The van der Waals surface area contributed by atoms with Crippen LogP contribution >= 0.6 is 12.4 Å². The first-order valence-corrected chi connectivity index (χ1v) is 9.75. The molecule has 1 unspecified atom stereocenters. The van der Waals surface area contributed by atoms with Gasteiger partial charge < -0.3 is 19.5 Å². The molecular formula is C22H24ClN3O4. The topological polar surface area (TPSA) is 97.4 Å². The van der Waals surface area contributed by atoms with Gasteiger partial charge in [-0.3, -0.25) is 4.79 Å². The maximum atomic E-state index is 12.6. The minimum Gasteiger partial charge on any atom is -0.444 e. The van der Waals surface area contributed by atoms with Gasteiger partial charge in [-0.05, 0) is 50.1 Å². The van der Waals surface area contributed by atoms with Gasteiger partial charge in [0.1, 0.15) is 17.6 Å². The summed E-state index contributed by atoms with van der Waals surface area (Å²) in [5.74, 6) is 0.809. The predicted octanol–water partition coefficient (Wildman–Crippen LogP) is 3.42. The number of rotatable bonds is 5. The smallest absolute Gasteiger partial charge is 0.349 e. The van der Waals surface area contributed by atoms with Crippen LogP contribution in [0.15, 0.2) is 56.3 Å². The Hall–Kier alpha value is -2.90. The molecule has 3 heterocycles. The molecule has 2 N–H and O–H groups in total. The van der Waals surface area contributed by atoms with Crippen LogP contribution in [0.25, 0.3) is 11.5 Å². The Kier molecular flexibility index (Phi) is 7.07. The van der Waals surface area contributed by atoms with Crippen molar-refractivity contribution in [3.05, 3.63) is 75.7 Å². The van der Waals surface area contributed by atoms with E-state index in [1.165, 1.54) is 6.26 Å². The highest BCUT2D eigenvalue weighted by Gasteiger charge is 2.22. The molecule has 4 rings (SSSR count). The summed E-state index contributed by atoms with van der Waals surface area (Å²) in [6.45, 7) is 3.68. The highest BCUT2D eigenvalue weighted by molar-refractivity contribution is 5.95. The number of nitrogens with zero attached hydrogens (tertiary/aromatic N) is 1. The summed E-state index contributed by atoms with van der Waals surface area (Å²) >= 11 is 0. The van der Waals surface area contributed by atoms with Crippen LogP contribution in [-0.2, 0) is 6.54 Å². The fourth-order valence-corrected chi connectivity index (χ4v) is 3.56. The average Bonchev–Trinajstić information content (AvgIpc) is 3.22. The van der Waals surface area contributed by atoms with E-state index in [9.17, 15) is 9.59 Å². The van der Waals surface area contributed by atoms with Crippen LogP contribution in [0, 0.1) is 6.92 Å². The second kappa shape index (κ2) is 9.73. The summed E-state index contributed by atoms with van der Waals surface area (Å²) in [7, 11) is 0. The van der Waals surface area contributed by atoms with Gasteiger partial charge >= 0.3 is 5.63 Å². The van der Waals surface area contributed by atoms with E-state index in [4.69, 9.17) is 8.83 Å². The van der Waals surface area contributed by atoms with E-state index < -0.39 is 11.5 Å². The van der Waals surface area contributed by atoms with Gasteiger partial charge in [0.2, 0.25) is 5.89 Å². The fourth-order valence-electron chi connectivity index (χ4n) is 3.56. The van der Waals surface area contributed by atoms with Crippen LogP contribution in [0.1, 0.15) is 46.1 Å². The lowest BCUT2D eigenvalue weighted by Gasteiger charge is -2.22. The number of carbonyl (C=O) groups excluding carboxylic acids is 1. The first kappa shape index (κ1) is 21.8. The van der Waals surface area contributed by atoms with Crippen LogP contribution in [0.5, 0.6) is 0 Å². The second-order valence-corrected chi connectivity index (χ2v) is 7.23. The van der Waals surface area contributed by atoms with Crippen LogP contribution in [0.2, 0.25) is 0 Å². The van der Waals surface area contributed by atoms with Gasteiger partial charge in [-0.1, -0.05) is 18.2 Å². The number of hydrogen-bond acceptors (Lipinski definition) is 6. The van der Waals surface area contributed by atoms with E-state index in [0.717, 1.165) is 31.5 Å². The molecule has 1 atom stereocenters. The molecule has 1 fully saturated rings. The molecule has 0 saturated carbocycles. The second-order valence-electron chi connectivity index (χ2n) is 7.23. The van der Waals surface area contributed by atoms with Crippen molar-refractivity contribution in [3.63, 3.8) is 0 Å². The maximum absolute atomic E-state index is 12.6. The van der Waals surface area contributed by atoms with E-state index in [2.05, 4.69) is 15.6 Å². The van der Waals surface area contributed by atoms with Gasteiger partial charge in [0.15, 0.2) is 0 Å². The number of benzene rings is 1. The van der Waals surface area contributed by atoms with Crippen LogP contribution < -0.4 is 16.3 Å². The van der Waals surface area contributed by atoms with Gasteiger partial charge in [-0.25, -0.2) is 9.78 Å². The summed E-state index contributed by atoms with van der Waals surface area (Å²) in [6.07, 6.45) is 3.51. The first-order valence-electron chi connectivity index (χ1n) is 9.75. The molecule has 1 aliphatic rings. The van der Waals surface area contributed by atoms with Gasteiger partial charge in [0.05, 0.1) is 12.2 Å². The molecule has 3 aromatic rings. The Balaban J connectivity index is 0.00000256. The minimum absolute atomic E-state index is 0. The summed E-state index contributed by atoms with van der Waals surface area (Å²) < 4.78 is 10.9. The number of aromatic nitrogens is 1. The molecule has 1 aromatic carbocycles. The predicted molar refractivity (Wildman–Crippen MR) is 115 cm³/mol. The number of amides is 1. The summed E-state index contributed by atoms with van der Waals surface area (Å²) in [4.78, 5) is 29.4. The lowest BCUT2D eigenvalue weighted by molar-refractivity contribution is 0.0945. The largest absolute Gasteiger partial charge is 0.444 e. The molecule has 0 aliphatic carbocycles. The Labute approximate surface area is 180 Å². The average molecular weight is 430 g/mol. The molecule has 1 amide bonds. The Morgan fingerprint density at radius 2 is 2.10 bits per heavy atom. The number of carbonyl (C=O) groups is 1. The normalized spacial score (nSPS) is 16.0. The Morgan fingerprint density at radius 3 is 2.80 bits per heavy atom. The van der Waals surface area contributed by atoms with E-state index in [-0.39, 0.29) is 30.4 Å². The van der Waals surface area contributed by atoms with Gasteiger partial charge in [0.25, 0.3) is 5.91 Å². The third-order valence-electron chi connectivity index (χ3n) is 5.10. The summed E-state index contributed by atoms with van der Waals surface area (Å²) in [5.41, 5.74) is 1.47. The number of piperidine rings is 1. The number of oxazole rings is 1. The molecule has 158 valence electrons. The lowest BCUT2D eigenvalue weighted by Crippen LogP contribution is -2.31. The number of nitrogens with one attached hydrogen (secondary N) is 2. The van der Waals surface area contributed by atoms with Crippen molar-refractivity contribution in [1.82, 2.24) is 15.6 Å². The van der Waals surface area contributed by atoms with Gasteiger partial charge in [-0.2, -0.15) is 0 Å². The number of halogens is 1. The van der Waals surface area contributed by atoms with Crippen molar-refractivity contribution in [2.24, 2.45) is 0 Å². The van der Waals surface area contributed by atoms with Crippen LogP contribution in [-0.4, -0.2) is 24.0 Å². The highest BCUT2D eigenvalue weighted by Crippen LogP contribution is 2.23. The molecule has 7 nitrogen and oxygen atoms in total. The standard InChI is InChI=1S/C22H23N3O4.ClH/c1-14-10-18(16-8-5-9-23-11-16)29-22(27)19(14)20(26)24-12-17-13-28-21(25-17)15-6-3-2-4-7-15;/h2-4,6-7,10,13,16,23H,5,8-9,11-12H2,1H3,(H,24,26);1H. The SMILES string of the molecule is Cc1cc(C2CCCNC2)oc(=O)c1C(=O)NCc1coc(-c2ccccc2)n1.Cl. The molecule has 30 heavy (non-hydrogen) atoms. The van der Waals surface area contributed by atoms with E-state index in [1.54, 1.807) is 13.0 Å². The first-order chi connectivity index (χ1) is 14.1. The third-order valence-corrected chi connectivity index (χ3v) is 5.10. The summed E-state index contributed by atoms with van der Waals surface area (Å²) in [5, 5.41) is 6.03. The van der Waals surface area contributed by atoms with Crippen molar-refractivity contribution in [2.75, 3.05) is 13.1 Å². The molecule has 8 heteroatoms. The van der Waals surface area contributed by atoms with Crippen LogP contribution in [0.3, 0.4) is 0 Å². The number of aryl methyl sites for hydroxylation is 1. The monoisotopic (exact) mass is 429 g/mol. The van der Waals surface area contributed by atoms with Crippen molar-refractivity contribution in [1.29, 1.82) is 0 Å². The van der Waals surface area contributed by atoms with E-state index >= 15 is 0 Å². The van der Waals surface area contributed by atoms with E-state index in [1.807, 2.05) is 30.3 Å². The maximum Gasteiger partial charge on any atom is 0.349 e.